The molecule has 180 valence electrons. The van der Waals surface area contributed by atoms with E-state index in [1.807, 2.05) is 13.1 Å². The minimum Gasteiger partial charge on any atom is -0.457 e. The maximum Gasteiger partial charge on any atom is 0.199 e. The Morgan fingerprint density at radius 2 is 1.42 bits per heavy atom. The summed E-state index contributed by atoms with van der Waals surface area (Å²) < 4.78 is 8.44. The Morgan fingerprint density at radius 1 is 0.806 bits per heavy atom. The highest BCUT2D eigenvalue weighted by atomic mass is 16.5. The van der Waals surface area contributed by atoms with Crippen LogP contribution in [0.3, 0.4) is 0 Å². The van der Waals surface area contributed by atoms with Crippen molar-refractivity contribution in [1.29, 1.82) is 5.26 Å². The van der Waals surface area contributed by atoms with E-state index in [-0.39, 0.29) is 0 Å². The van der Waals surface area contributed by atoms with Gasteiger partial charge in [0.1, 0.15) is 18.6 Å². The second kappa shape index (κ2) is 12.0. The molecule has 0 N–H and O–H groups in total. The Bertz CT molecular complexity index is 1330. The lowest BCUT2D eigenvalue weighted by Gasteiger charge is -2.18. The van der Waals surface area contributed by atoms with Crippen molar-refractivity contribution in [1.82, 2.24) is 0 Å². The lowest BCUT2D eigenvalue weighted by atomic mass is 9.98. The second-order valence-electron chi connectivity index (χ2n) is 8.97. The molecule has 1 aliphatic carbocycles. The Kier molecular flexibility index (Phi) is 8.32. The molecule has 36 heavy (non-hydrogen) atoms. The molecule has 0 amide bonds. The van der Waals surface area contributed by atoms with Crippen LogP contribution in [-0.4, -0.2) is 23.9 Å². The van der Waals surface area contributed by atoms with Crippen LogP contribution >= 0.6 is 0 Å². The van der Waals surface area contributed by atoms with Crippen molar-refractivity contribution in [3.05, 3.63) is 131 Å². The Hall–Kier alpha value is -4.16. The zero-order chi connectivity index (χ0) is 25.3. The molecule has 0 unspecified atom stereocenters. The third-order valence-electron chi connectivity index (χ3n) is 6.49. The number of aryl methyl sites for hydroxylation is 2. The SMILES string of the molecule is CCc1ccc(C2=CC(=CC=C3C=CC(=[N+](C)CCC#N)C=C3)OC(c3ccc(CC)cc3)=C2)cc1. The number of allylic oxidation sites excluding steroid dienone is 10. The minimum atomic E-state index is 0.515. The second-order valence-corrected chi connectivity index (χ2v) is 8.97. The van der Waals surface area contributed by atoms with Crippen molar-refractivity contribution in [3.63, 3.8) is 0 Å². The molecule has 0 aromatic heterocycles. The molecule has 1 aliphatic heterocycles. The van der Waals surface area contributed by atoms with Gasteiger partial charge in [0, 0.05) is 17.7 Å². The van der Waals surface area contributed by atoms with E-state index in [0.29, 0.717) is 6.42 Å². The lowest BCUT2D eigenvalue weighted by molar-refractivity contribution is -0.494. The lowest BCUT2D eigenvalue weighted by Crippen LogP contribution is -2.16. The van der Waals surface area contributed by atoms with Crippen LogP contribution in [0, 0.1) is 11.3 Å². The Labute approximate surface area is 215 Å². The number of nitriles is 1. The van der Waals surface area contributed by atoms with E-state index in [1.54, 1.807) is 0 Å². The van der Waals surface area contributed by atoms with Crippen molar-refractivity contribution in [2.45, 2.75) is 33.1 Å². The number of hydrogen-bond donors (Lipinski definition) is 0. The van der Waals surface area contributed by atoms with Crippen molar-refractivity contribution < 1.29 is 9.31 Å². The van der Waals surface area contributed by atoms with Crippen molar-refractivity contribution >= 4 is 17.0 Å². The van der Waals surface area contributed by atoms with Crippen LogP contribution in [0.15, 0.2) is 108 Å². The first kappa shape index (κ1) is 24.9. The fourth-order valence-electron chi connectivity index (χ4n) is 4.12. The average Bonchev–Trinajstić information content (AvgIpc) is 2.95. The van der Waals surface area contributed by atoms with E-state index < -0.39 is 0 Å². The number of nitrogens with zero attached hydrogens (tertiary/aromatic N) is 2. The number of benzene rings is 2. The van der Waals surface area contributed by atoms with Gasteiger partial charge in [-0.1, -0.05) is 68.5 Å². The van der Waals surface area contributed by atoms with Gasteiger partial charge in [0.05, 0.1) is 12.5 Å². The van der Waals surface area contributed by atoms with E-state index in [0.717, 1.165) is 53.3 Å². The summed E-state index contributed by atoms with van der Waals surface area (Å²) in [4.78, 5) is 0. The molecule has 2 aromatic carbocycles. The van der Waals surface area contributed by atoms with Crippen LogP contribution in [-0.2, 0) is 17.6 Å². The molecule has 0 fully saturated rings. The molecule has 3 heteroatoms. The summed E-state index contributed by atoms with van der Waals surface area (Å²) in [6.07, 6.45) is 19.2. The molecule has 0 bridgehead atoms. The quantitative estimate of drug-likeness (QED) is 0.399. The monoisotopic (exact) mass is 473 g/mol. The maximum atomic E-state index is 8.82. The van der Waals surface area contributed by atoms with Gasteiger partial charge in [0.15, 0.2) is 12.3 Å². The summed E-state index contributed by atoms with van der Waals surface area (Å²) in [6.45, 7) is 5.06. The first-order valence-corrected chi connectivity index (χ1v) is 12.6. The summed E-state index contributed by atoms with van der Waals surface area (Å²) in [5.41, 5.74) is 8.21. The zero-order valence-corrected chi connectivity index (χ0v) is 21.4. The van der Waals surface area contributed by atoms with Crippen LogP contribution in [0.4, 0.5) is 0 Å². The molecular weight excluding hydrogens is 440 g/mol. The van der Waals surface area contributed by atoms with E-state index >= 15 is 0 Å². The number of rotatable bonds is 7. The van der Waals surface area contributed by atoms with Gasteiger partial charge in [0.2, 0.25) is 0 Å². The largest absolute Gasteiger partial charge is 0.457 e. The Morgan fingerprint density at radius 3 is 2.00 bits per heavy atom. The van der Waals surface area contributed by atoms with Gasteiger partial charge in [-0.2, -0.15) is 5.26 Å². The normalized spacial score (nSPS) is 15.8. The third kappa shape index (κ3) is 6.29. The van der Waals surface area contributed by atoms with Gasteiger partial charge in [-0.25, -0.2) is 4.58 Å². The Balaban J connectivity index is 1.63. The van der Waals surface area contributed by atoms with Crippen LogP contribution in [0.2, 0.25) is 0 Å². The van der Waals surface area contributed by atoms with Crippen molar-refractivity contribution in [2.75, 3.05) is 13.6 Å². The van der Waals surface area contributed by atoms with E-state index in [2.05, 4.69) is 116 Å². The van der Waals surface area contributed by atoms with Gasteiger partial charge >= 0.3 is 0 Å². The van der Waals surface area contributed by atoms with Crippen LogP contribution in [0.5, 0.6) is 0 Å². The number of ether oxygens (including phenoxy) is 1. The summed E-state index contributed by atoms with van der Waals surface area (Å²) in [5, 5.41) is 8.82. The predicted molar refractivity (Wildman–Crippen MR) is 149 cm³/mol. The first-order chi connectivity index (χ1) is 17.6. The van der Waals surface area contributed by atoms with Gasteiger partial charge in [0.25, 0.3) is 0 Å². The molecule has 0 radical (unpaired) electrons. The molecule has 3 nitrogen and oxygen atoms in total. The molecule has 1 heterocycles. The van der Waals surface area contributed by atoms with Crippen LogP contribution in [0.25, 0.3) is 11.3 Å². The summed E-state index contributed by atoms with van der Waals surface area (Å²) >= 11 is 0. The summed E-state index contributed by atoms with van der Waals surface area (Å²) in [7, 11) is 2.01. The average molecular weight is 474 g/mol. The first-order valence-electron chi connectivity index (χ1n) is 12.6. The molecule has 0 saturated heterocycles. The zero-order valence-electron chi connectivity index (χ0n) is 21.4. The van der Waals surface area contributed by atoms with Gasteiger partial charge < -0.3 is 4.74 Å². The van der Waals surface area contributed by atoms with E-state index in [9.17, 15) is 0 Å². The van der Waals surface area contributed by atoms with Crippen LogP contribution in [0.1, 0.15) is 42.5 Å². The fourth-order valence-corrected chi connectivity index (χ4v) is 4.12. The molecule has 2 aliphatic rings. The highest BCUT2D eigenvalue weighted by Crippen LogP contribution is 2.32. The molecule has 4 rings (SSSR count). The predicted octanol–water partition coefficient (Wildman–Crippen LogP) is 7.20. The molecule has 0 saturated carbocycles. The summed E-state index contributed by atoms with van der Waals surface area (Å²) in [5.74, 6) is 1.65. The van der Waals surface area contributed by atoms with Gasteiger partial charge in [-0.05, 0) is 71.1 Å². The smallest absolute Gasteiger partial charge is 0.199 e. The standard InChI is InChI=1S/C33H33N2O/c1-4-25-7-14-28(15-8-25)30-23-32(36-33(24-30)29-16-9-26(5-2)10-17-29)20-13-27-11-18-31(19-12-27)35(3)22-6-21-34/h7-20,23-24H,4-6,22H2,1-3H3/q+1. The third-order valence-corrected chi connectivity index (χ3v) is 6.49. The molecule has 2 aromatic rings. The topological polar surface area (TPSA) is 36.0 Å². The van der Waals surface area contributed by atoms with Crippen molar-refractivity contribution in [2.24, 2.45) is 0 Å². The van der Waals surface area contributed by atoms with Gasteiger partial charge in [-0.15, -0.1) is 0 Å². The molecule has 0 atom stereocenters. The van der Waals surface area contributed by atoms with Gasteiger partial charge in [-0.3, -0.25) is 0 Å². The number of hydrogen-bond acceptors (Lipinski definition) is 2. The van der Waals surface area contributed by atoms with E-state index in [4.69, 9.17) is 10.00 Å². The minimum absolute atomic E-state index is 0.515. The highest BCUT2D eigenvalue weighted by Gasteiger charge is 2.14. The van der Waals surface area contributed by atoms with E-state index in [1.165, 1.54) is 16.7 Å². The molecular formula is C33H33N2O+. The fraction of sp³-hybridized carbons (Fsp3) is 0.212. The summed E-state index contributed by atoms with van der Waals surface area (Å²) in [6, 6.07) is 19.6. The van der Waals surface area contributed by atoms with Crippen molar-refractivity contribution in [3.8, 4) is 6.07 Å². The molecule has 0 spiro atoms. The highest BCUT2D eigenvalue weighted by molar-refractivity contribution is 6.02. The maximum absolute atomic E-state index is 8.82. The van der Waals surface area contributed by atoms with Crippen LogP contribution < -0.4 is 0 Å².